The molecule has 1 aliphatic heterocycles. The van der Waals surface area contributed by atoms with Crippen LogP contribution in [0, 0.1) is 0 Å². The van der Waals surface area contributed by atoms with Crippen LogP contribution >= 0.6 is 0 Å². The van der Waals surface area contributed by atoms with Crippen LogP contribution in [0.2, 0.25) is 0 Å². The number of piperazine rings is 1. The lowest BCUT2D eigenvalue weighted by Crippen LogP contribution is -2.47. The summed E-state index contributed by atoms with van der Waals surface area (Å²) in [6, 6.07) is 23.7. The van der Waals surface area contributed by atoms with Crippen LogP contribution in [0.25, 0.3) is 11.3 Å². The highest BCUT2D eigenvalue weighted by molar-refractivity contribution is 5.67. The summed E-state index contributed by atoms with van der Waals surface area (Å²) in [6.45, 7) is 6.93. The van der Waals surface area contributed by atoms with E-state index in [-0.39, 0.29) is 0 Å². The molecule has 0 unspecified atom stereocenters. The lowest BCUT2D eigenvalue weighted by atomic mass is 9.97. The van der Waals surface area contributed by atoms with Gasteiger partial charge in [0.1, 0.15) is 5.75 Å². The number of ether oxygens (including phenoxy) is 1. The summed E-state index contributed by atoms with van der Waals surface area (Å²) in [5.41, 5.74) is 4.92. The first-order valence-corrected chi connectivity index (χ1v) is 13.5. The van der Waals surface area contributed by atoms with Gasteiger partial charge in [0.25, 0.3) is 0 Å². The molecule has 35 heavy (non-hydrogen) atoms. The van der Waals surface area contributed by atoms with E-state index in [2.05, 4.69) is 75.4 Å². The second-order valence-electron chi connectivity index (χ2n) is 10.1. The maximum absolute atomic E-state index is 6.59. The molecule has 0 N–H and O–H groups in total. The standard InChI is InChI=1S/C31H39N3O/c1-3-9-26(10-4-1)16-19-33-21-23-34(24-22-33)20-17-27-14-15-29(30-13-7-8-18-32-30)31(25-27)35-28-11-5-2-6-12-28/h1,3-4,7-10,13-15,18,25,28H,2,5-6,11-12,16-17,19-24H2. The Bertz CT molecular complexity index is 1030. The van der Waals surface area contributed by atoms with Crippen molar-refractivity contribution in [2.45, 2.75) is 51.0 Å². The second-order valence-corrected chi connectivity index (χ2v) is 10.1. The molecule has 0 radical (unpaired) electrons. The summed E-state index contributed by atoms with van der Waals surface area (Å²) >= 11 is 0. The van der Waals surface area contributed by atoms with Gasteiger partial charge in [-0.25, -0.2) is 0 Å². The molecule has 2 aromatic carbocycles. The Kier molecular flexibility index (Phi) is 8.46. The van der Waals surface area contributed by atoms with Gasteiger partial charge in [-0.3, -0.25) is 4.98 Å². The summed E-state index contributed by atoms with van der Waals surface area (Å²) < 4.78 is 6.59. The van der Waals surface area contributed by atoms with Crippen LogP contribution in [-0.2, 0) is 12.8 Å². The van der Waals surface area contributed by atoms with Gasteiger partial charge >= 0.3 is 0 Å². The Labute approximate surface area is 210 Å². The predicted octanol–water partition coefficient (Wildman–Crippen LogP) is 5.86. The first-order valence-electron chi connectivity index (χ1n) is 13.5. The molecule has 0 spiro atoms. The fourth-order valence-electron chi connectivity index (χ4n) is 5.37. The van der Waals surface area contributed by atoms with Crippen molar-refractivity contribution in [1.29, 1.82) is 0 Å². The minimum Gasteiger partial charge on any atom is -0.490 e. The van der Waals surface area contributed by atoms with Crippen molar-refractivity contribution in [2.24, 2.45) is 0 Å². The molecule has 0 amide bonds. The first-order chi connectivity index (χ1) is 17.3. The summed E-state index contributed by atoms with van der Waals surface area (Å²) in [4.78, 5) is 9.83. The third-order valence-electron chi connectivity index (χ3n) is 7.57. The topological polar surface area (TPSA) is 28.6 Å². The van der Waals surface area contributed by atoms with Gasteiger partial charge in [0.05, 0.1) is 11.8 Å². The SMILES string of the molecule is c1ccc(CCN2CCN(CCc3ccc(-c4ccccn4)c(OC4CCCCC4)c3)CC2)cc1. The molecular weight excluding hydrogens is 430 g/mol. The van der Waals surface area contributed by atoms with Crippen molar-refractivity contribution < 1.29 is 4.74 Å². The van der Waals surface area contributed by atoms with E-state index in [0.29, 0.717) is 6.10 Å². The van der Waals surface area contributed by atoms with Gasteiger partial charge in [-0.1, -0.05) is 48.9 Å². The van der Waals surface area contributed by atoms with Crippen LogP contribution < -0.4 is 4.74 Å². The average molecular weight is 470 g/mol. The molecule has 184 valence electrons. The quantitative estimate of drug-likeness (QED) is 0.392. The third kappa shape index (κ3) is 6.93. The molecule has 4 heteroatoms. The fraction of sp³-hybridized carbons (Fsp3) is 0.452. The number of hydrogen-bond donors (Lipinski definition) is 0. The maximum atomic E-state index is 6.59. The number of nitrogens with zero attached hydrogens (tertiary/aromatic N) is 3. The van der Waals surface area contributed by atoms with E-state index in [4.69, 9.17) is 4.74 Å². The Morgan fingerprint density at radius 3 is 2.09 bits per heavy atom. The molecule has 2 aliphatic rings. The highest BCUT2D eigenvalue weighted by atomic mass is 16.5. The van der Waals surface area contributed by atoms with Crippen LogP contribution in [0.4, 0.5) is 0 Å². The molecule has 4 nitrogen and oxygen atoms in total. The van der Waals surface area contributed by atoms with Crippen molar-refractivity contribution in [2.75, 3.05) is 39.3 Å². The largest absolute Gasteiger partial charge is 0.490 e. The van der Waals surface area contributed by atoms with Crippen molar-refractivity contribution in [3.63, 3.8) is 0 Å². The molecule has 1 saturated carbocycles. The molecule has 5 rings (SSSR count). The highest BCUT2D eigenvalue weighted by Gasteiger charge is 2.19. The number of pyridine rings is 1. The Hall–Kier alpha value is -2.69. The molecule has 1 saturated heterocycles. The molecular formula is C31H39N3O. The smallest absolute Gasteiger partial charge is 0.129 e. The molecule has 0 atom stereocenters. The van der Waals surface area contributed by atoms with E-state index < -0.39 is 0 Å². The zero-order valence-electron chi connectivity index (χ0n) is 20.9. The van der Waals surface area contributed by atoms with Crippen LogP contribution in [0.5, 0.6) is 5.75 Å². The number of benzene rings is 2. The van der Waals surface area contributed by atoms with E-state index in [1.807, 2.05) is 12.3 Å². The maximum Gasteiger partial charge on any atom is 0.129 e. The van der Waals surface area contributed by atoms with Crippen molar-refractivity contribution in [3.8, 4) is 17.0 Å². The van der Waals surface area contributed by atoms with Crippen molar-refractivity contribution in [3.05, 3.63) is 84.1 Å². The molecule has 2 fully saturated rings. The second kappa shape index (κ2) is 12.3. The first kappa shape index (κ1) is 24.0. The van der Waals surface area contributed by atoms with Crippen LogP contribution in [0.3, 0.4) is 0 Å². The lowest BCUT2D eigenvalue weighted by molar-refractivity contribution is 0.134. The van der Waals surface area contributed by atoms with E-state index in [1.54, 1.807) is 0 Å². The minimum absolute atomic E-state index is 0.338. The van der Waals surface area contributed by atoms with Crippen molar-refractivity contribution in [1.82, 2.24) is 14.8 Å². The zero-order chi connectivity index (χ0) is 23.7. The predicted molar refractivity (Wildman–Crippen MR) is 144 cm³/mol. The van der Waals surface area contributed by atoms with Crippen LogP contribution in [-0.4, -0.2) is 60.2 Å². The van der Waals surface area contributed by atoms with Crippen molar-refractivity contribution >= 4 is 0 Å². The molecule has 3 aromatic rings. The van der Waals surface area contributed by atoms with E-state index in [9.17, 15) is 0 Å². The summed E-state index contributed by atoms with van der Waals surface area (Å²) in [5.74, 6) is 1.01. The fourth-order valence-corrected chi connectivity index (χ4v) is 5.37. The van der Waals surface area contributed by atoms with E-state index in [1.165, 1.54) is 56.3 Å². The van der Waals surface area contributed by atoms with Gasteiger partial charge in [0.15, 0.2) is 0 Å². The molecule has 1 aliphatic carbocycles. The average Bonchev–Trinajstić information content (AvgIpc) is 2.93. The normalized spacial score (nSPS) is 17.9. The van der Waals surface area contributed by atoms with Crippen LogP contribution in [0.15, 0.2) is 72.9 Å². The third-order valence-corrected chi connectivity index (χ3v) is 7.57. The summed E-state index contributed by atoms with van der Waals surface area (Å²) in [5, 5.41) is 0. The molecule has 1 aromatic heterocycles. The zero-order valence-corrected chi connectivity index (χ0v) is 20.9. The highest BCUT2D eigenvalue weighted by Crippen LogP contribution is 2.33. The molecule has 2 heterocycles. The van der Waals surface area contributed by atoms with Gasteiger partial charge in [-0.05, 0) is 73.9 Å². The van der Waals surface area contributed by atoms with E-state index >= 15 is 0 Å². The van der Waals surface area contributed by atoms with Gasteiger partial charge in [-0.2, -0.15) is 0 Å². The number of rotatable bonds is 9. The molecule has 0 bridgehead atoms. The van der Waals surface area contributed by atoms with E-state index in [0.717, 1.165) is 56.0 Å². The van der Waals surface area contributed by atoms with Gasteiger partial charge in [0.2, 0.25) is 0 Å². The Morgan fingerprint density at radius 2 is 1.40 bits per heavy atom. The minimum atomic E-state index is 0.338. The monoisotopic (exact) mass is 469 g/mol. The van der Waals surface area contributed by atoms with Gasteiger partial charge < -0.3 is 14.5 Å². The number of aromatic nitrogens is 1. The summed E-state index contributed by atoms with van der Waals surface area (Å²) in [6.07, 6.45) is 10.6. The Balaban J connectivity index is 1.16. The lowest BCUT2D eigenvalue weighted by Gasteiger charge is -2.34. The Morgan fingerprint density at radius 1 is 0.714 bits per heavy atom. The van der Waals surface area contributed by atoms with Gasteiger partial charge in [-0.15, -0.1) is 0 Å². The summed E-state index contributed by atoms with van der Waals surface area (Å²) in [7, 11) is 0. The van der Waals surface area contributed by atoms with Gasteiger partial charge in [0, 0.05) is 51.0 Å². The number of hydrogen-bond acceptors (Lipinski definition) is 4. The van der Waals surface area contributed by atoms with Crippen LogP contribution in [0.1, 0.15) is 43.2 Å².